The van der Waals surface area contributed by atoms with Crippen LogP contribution in [-0.4, -0.2) is 52.2 Å². The zero-order valence-corrected chi connectivity index (χ0v) is 19.8. The van der Waals surface area contributed by atoms with Gasteiger partial charge in [0.15, 0.2) is 11.0 Å². The number of nitrogens with zero attached hydrogens (tertiary/aromatic N) is 4. The molecule has 168 valence electrons. The van der Waals surface area contributed by atoms with Crippen molar-refractivity contribution < 1.29 is 13.2 Å². The highest BCUT2D eigenvalue weighted by molar-refractivity contribution is 7.99. The molecule has 3 aromatic rings. The fourth-order valence-corrected chi connectivity index (χ4v) is 5.85. The Labute approximate surface area is 196 Å². The van der Waals surface area contributed by atoms with Crippen LogP contribution in [0.15, 0.2) is 58.6 Å². The van der Waals surface area contributed by atoms with E-state index < -0.39 is 10.0 Å². The lowest BCUT2D eigenvalue weighted by molar-refractivity contribution is -0.113. The maximum absolute atomic E-state index is 12.8. The van der Waals surface area contributed by atoms with E-state index in [-0.39, 0.29) is 27.3 Å². The summed E-state index contributed by atoms with van der Waals surface area (Å²) >= 11 is 7.44. The van der Waals surface area contributed by atoms with Crippen molar-refractivity contribution in [3.05, 3.63) is 53.6 Å². The first-order valence-corrected chi connectivity index (χ1v) is 12.8. The van der Waals surface area contributed by atoms with Gasteiger partial charge < -0.3 is 9.88 Å². The van der Waals surface area contributed by atoms with Gasteiger partial charge in [0.1, 0.15) is 0 Å². The molecule has 0 aliphatic carbocycles. The lowest BCUT2D eigenvalue weighted by Gasteiger charge is -2.16. The van der Waals surface area contributed by atoms with Crippen LogP contribution >= 0.6 is 23.4 Å². The summed E-state index contributed by atoms with van der Waals surface area (Å²) < 4.78 is 28.9. The van der Waals surface area contributed by atoms with Crippen molar-refractivity contribution >= 4 is 45.0 Å². The summed E-state index contributed by atoms with van der Waals surface area (Å²) in [7, 11) is -1.76. The van der Waals surface area contributed by atoms with Crippen LogP contribution in [0, 0.1) is 0 Å². The number of hydrogen-bond donors (Lipinski definition) is 1. The number of amides is 1. The van der Waals surface area contributed by atoms with Gasteiger partial charge in [-0.05, 0) is 31.0 Å². The Morgan fingerprint density at radius 1 is 1.12 bits per heavy atom. The number of nitrogens with one attached hydrogen (secondary N) is 1. The number of sulfonamides is 1. The third kappa shape index (κ3) is 4.83. The zero-order chi connectivity index (χ0) is 22.7. The molecule has 0 saturated carbocycles. The summed E-state index contributed by atoms with van der Waals surface area (Å²) in [5.74, 6) is 0.452. The van der Waals surface area contributed by atoms with Gasteiger partial charge in [-0.2, -0.15) is 4.31 Å². The molecule has 0 radical (unpaired) electrons. The van der Waals surface area contributed by atoms with Gasteiger partial charge in [-0.25, -0.2) is 8.42 Å². The molecular weight excluding hydrogens is 470 g/mol. The zero-order valence-electron chi connectivity index (χ0n) is 17.4. The minimum absolute atomic E-state index is 0.0696. The largest absolute Gasteiger partial charge is 0.324 e. The Bertz CT molecular complexity index is 1230. The quantitative estimate of drug-likeness (QED) is 0.507. The van der Waals surface area contributed by atoms with E-state index in [9.17, 15) is 13.2 Å². The number of hydrogen-bond acceptors (Lipinski definition) is 6. The lowest BCUT2D eigenvalue weighted by Crippen LogP contribution is -2.28. The van der Waals surface area contributed by atoms with Crippen LogP contribution in [-0.2, 0) is 21.9 Å². The third-order valence-corrected chi connectivity index (χ3v) is 8.36. The van der Waals surface area contributed by atoms with Gasteiger partial charge in [-0.1, -0.05) is 53.7 Å². The van der Waals surface area contributed by atoms with Crippen LogP contribution in [0.4, 0.5) is 5.69 Å². The predicted molar refractivity (Wildman–Crippen MR) is 125 cm³/mol. The smallest absolute Gasteiger partial charge is 0.243 e. The molecule has 0 atom stereocenters. The number of anilines is 1. The Morgan fingerprint density at radius 3 is 2.56 bits per heavy atom. The molecule has 0 spiro atoms. The minimum Gasteiger partial charge on any atom is -0.324 e. The molecule has 1 aromatic heterocycles. The van der Waals surface area contributed by atoms with Crippen molar-refractivity contribution in [2.24, 2.45) is 7.05 Å². The first-order chi connectivity index (χ1) is 15.4. The summed E-state index contributed by atoms with van der Waals surface area (Å²) in [6.45, 7) is 1.01. The average molecular weight is 492 g/mol. The van der Waals surface area contributed by atoms with E-state index in [1.165, 1.54) is 34.3 Å². The summed E-state index contributed by atoms with van der Waals surface area (Å²) in [5, 5.41) is 11.9. The lowest BCUT2D eigenvalue weighted by atomic mass is 10.2. The summed E-state index contributed by atoms with van der Waals surface area (Å²) in [6, 6.07) is 14.0. The summed E-state index contributed by atoms with van der Waals surface area (Å²) in [4.78, 5) is 12.7. The third-order valence-electron chi connectivity index (χ3n) is 5.11. The van der Waals surface area contributed by atoms with E-state index in [0.717, 1.165) is 18.4 Å². The van der Waals surface area contributed by atoms with Crippen LogP contribution in [0.5, 0.6) is 0 Å². The van der Waals surface area contributed by atoms with Crippen LogP contribution in [0.25, 0.3) is 11.4 Å². The fraction of sp³-hybridized carbons (Fsp3) is 0.286. The second-order valence-corrected chi connectivity index (χ2v) is 10.6. The number of benzene rings is 2. The molecular formula is C21H22ClN5O3S2. The molecule has 32 heavy (non-hydrogen) atoms. The number of aromatic nitrogens is 3. The van der Waals surface area contributed by atoms with E-state index >= 15 is 0 Å². The molecule has 1 N–H and O–H groups in total. The molecule has 0 unspecified atom stereocenters. The fourth-order valence-electron chi connectivity index (χ4n) is 3.43. The standard InChI is InChI=1S/C21H22ClN5O3S2/c1-26-20(15-7-3-2-4-8-15)24-25-21(26)31-14-19(28)23-18-13-16(9-10-17(18)22)32(29,30)27-11-5-6-12-27/h2-4,7-10,13H,5-6,11-12,14H2,1H3,(H,23,28). The number of rotatable bonds is 7. The monoisotopic (exact) mass is 491 g/mol. The number of carbonyl (C=O) groups is 1. The second kappa shape index (κ2) is 9.62. The van der Waals surface area contributed by atoms with Crippen molar-refractivity contribution in [2.75, 3.05) is 24.2 Å². The normalized spacial score (nSPS) is 14.6. The highest BCUT2D eigenvalue weighted by Gasteiger charge is 2.27. The Morgan fingerprint density at radius 2 is 1.84 bits per heavy atom. The van der Waals surface area contributed by atoms with Crippen LogP contribution < -0.4 is 5.32 Å². The van der Waals surface area contributed by atoms with Gasteiger partial charge in [-0.3, -0.25) is 4.79 Å². The van der Waals surface area contributed by atoms with Gasteiger partial charge in [-0.15, -0.1) is 10.2 Å². The number of halogens is 1. The molecule has 11 heteroatoms. The Kier molecular flexibility index (Phi) is 6.85. The summed E-state index contributed by atoms with van der Waals surface area (Å²) in [5.41, 5.74) is 1.20. The molecule has 2 aromatic carbocycles. The summed E-state index contributed by atoms with van der Waals surface area (Å²) in [6.07, 6.45) is 1.70. The molecule has 2 heterocycles. The SMILES string of the molecule is Cn1c(SCC(=O)Nc2cc(S(=O)(=O)N3CCCC3)ccc2Cl)nnc1-c1ccccc1. The minimum atomic E-state index is -3.60. The van der Waals surface area contributed by atoms with Crippen molar-refractivity contribution in [1.82, 2.24) is 19.1 Å². The molecule has 1 aliphatic rings. The maximum atomic E-state index is 12.8. The van der Waals surface area contributed by atoms with E-state index in [1.54, 1.807) is 0 Å². The van der Waals surface area contributed by atoms with Gasteiger partial charge in [0.25, 0.3) is 0 Å². The van der Waals surface area contributed by atoms with Crippen LogP contribution in [0.3, 0.4) is 0 Å². The van der Waals surface area contributed by atoms with Crippen LogP contribution in [0.2, 0.25) is 5.02 Å². The average Bonchev–Trinajstić information content (AvgIpc) is 3.45. The van der Waals surface area contributed by atoms with E-state index in [1.807, 2.05) is 41.9 Å². The van der Waals surface area contributed by atoms with Gasteiger partial charge in [0.2, 0.25) is 15.9 Å². The van der Waals surface area contributed by atoms with Crippen molar-refractivity contribution in [1.29, 1.82) is 0 Å². The topological polar surface area (TPSA) is 97.2 Å². The van der Waals surface area contributed by atoms with E-state index in [4.69, 9.17) is 11.6 Å². The second-order valence-electron chi connectivity index (χ2n) is 7.32. The highest BCUT2D eigenvalue weighted by atomic mass is 35.5. The predicted octanol–water partition coefficient (Wildman–Crippen LogP) is 3.65. The van der Waals surface area contributed by atoms with Gasteiger partial charge >= 0.3 is 0 Å². The van der Waals surface area contributed by atoms with E-state index in [2.05, 4.69) is 15.5 Å². The number of thioether (sulfide) groups is 1. The van der Waals surface area contributed by atoms with Gasteiger partial charge in [0, 0.05) is 25.7 Å². The molecule has 1 fully saturated rings. The first kappa shape index (κ1) is 22.8. The van der Waals surface area contributed by atoms with Crippen molar-refractivity contribution in [2.45, 2.75) is 22.9 Å². The van der Waals surface area contributed by atoms with Gasteiger partial charge in [0.05, 0.1) is 21.4 Å². The Balaban J connectivity index is 1.43. The number of carbonyl (C=O) groups excluding carboxylic acids is 1. The molecule has 8 nitrogen and oxygen atoms in total. The first-order valence-electron chi connectivity index (χ1n) is 10.0. The molecule has 1 amide bonds. The van der Waals surface area contributed by atoms with Crippen molar-refractivity contribution in [3.63, 3.8) is 0 Å². The molecule has 4 rings (SSSR count). The Hall–Kier alpha value is -2.40. The molecule has 0 bridgehead atoms. The molecule has 1 aliphatic heterocycles. The highest BCUT2D eigenvalue weighted by Crippen LogP contribution is 2.29. The van der Waals surface area contributed by atoms with Crippen molar-refractivity contribution in [3.8, 4) is 11.4 Å². The van der Waals surface area contributed by atoms with Crippen LogP contribution in [0.1, 0.15) is 12.8 Å². The maximum Gasteiger partial charge on any atom is 0.243 e. The molecule has 1 saturated heterocycles. The van der Waals surface area contributed by atoms with E-state index in [0.29, 0.717) is 24.1 Å².